The van der Waals surface area contributed by atoms with E-state index in [4.69, 9.17) is 5.26 Å². The quantitative estimate of drug-likeness (QED) is 0.700. The zero-order chi connectivity index (χ0) is 19.1. The molecule has 1 saturated heterocycles. The number of hydrogen-bond donors (Lipinski definition) is 0. The fraction of sp³-hybridized carbons (Fsp3) is 0.524. The fourth-order valence-corrected chi connectivity index (χ4v) is 3.52. The Hall–Kier alpha value is -2.19. The van der Waals surface area contributed by atoms with Crippen LogP contribution < -0.4 is 0 Å². The monoisotopic (exact) mass is 357 g/mol. The second-order valence-electron chi connectivity index (χ2n) is 6.94. The molecular weight excluding hydrogens is 329 g/mol. The smallest absolute Gasteiger partial charge is 0.246 e. The molecule has 0 N–H and O–H groups in total. The third kappa shape index (κ3) is 4.92. The molecule has 1 heterocycles. The molecule has 2 rings (SSSR count). The minimum absolute atomic E-state index is 0.00887. The highest BCUT2D eigenvalue weighted by Gasteiger charge is 2.34. The van der Waals surface area contributed by atoms with Crippen molar-refractivity contribution in [2.75, 3.05) is 26.2 Å². The van der Waals surface area contributed by atoms with E-state index in [1.807, 2.05) is 11.0 Å². The molecule has 1 aromatic carbocycles. The van der Waals surface area contributed by atoms with E-state index in [2.05, 4.69) is 25.7 Å². The summed E-state index contributed by atoms with van der Waals surface area (Å²) in [5, 5.41) is 8.91. The van der Waals surface area contributed by atoms with Gasteiger partial charge in [0.2, 0.25) is 5.91 Å². The van der Waals surface area contributed by atoms with Gasteiger partial charge in [-0.1, -0.05) is 26.8 Å². The van der Waals surface area contributed by atoms with Crippen LogP contribution in [-0.2, 0) is 4.79 Å². The van der Waals surface area contributed by atoms with Gasteiger partial charge in [0.15, 0.2) is 0 Å². The van der Waals surface area contributed by atoms with Crippen molar-refractivity contribution in [3.8, 4) is 6.07 Å². The van der Waals surface area contributed by atoms with E-state index in [0.717, 1.165) is 39.0 Å². The maximum Gasteiger partial charge on any atom is 0.246 e. The number of likely N-dealkylation sites (N-methyl/N-ethyl adjacent to an activating group) is 1. The standard InChI is InChI=1S/C21H28FN3O/c1-4-11-24(5-2)15-20-16(3)10-12-25(20)21(26)9-7-17-6-8-19(22)18(13-17)14-23/h6-9,13,16,20H,4-5,10-12,15H2,1-3H3/b9-7+. The Bertz CT molecular complexity index is 695. The van der Waals surface area contributed by atoms with Crippen molar-refractivity contribution < 1.29 is 9.18 Å². The van der Waals surface area contributed by atoms with Gasteiger partial charge >= 0.3 is 0 Å². The van der Waals surface area contributed by atoms with Crippen molar-refractivity contribution in [2.24, 2.45) is 5.92 Å². The van der Waals surface area contributed by atoms with E-state index in [0.29, 0.717) is 11.5 Å². The van der Waals surface area contributed by atoms with Crippen LogP contribution >= 0.6 is 0 Å². The summed E-state index contributed by atoms with van der Waals surface area (Å²) < 4.78 is 13.4. The van der Waals surface area contributed by atoms with Crippen LogP contribution in [0.3, 0.4) is 0 Å². The largest absolute Gasteiger partial charge is 0.335 e. The summed E-state index contributed by atoms with van der Waals surface area (Å²) >= 11 is 0. The van der Waals surface area contributed by atoms with E-state index in [-0.39, 0.29) is 17.5 Å². The normalized spacial score (nSPS) is 20.1. The second-order valence-corrected chi connectivity index (χ2v) is 6.94. The summed E-state index contributed by atoms with van der Waals surface area (Å²) in [4.78, 5) is 17.1. The van der Waals surface area contributed by atoms with Gasteiger partial charge in [0.05, 0.1) is 5.56 Å². The highest BCUT2D eigenvalue weighted by Crippen LogP contribution is 2.25. The summed E-state index contributed by atoms with van der Waals surface area (Å²) in [6.07, 6.45) is 5.32. The van der Waals surface area contributed by atoms with Gasteiger partial charge in [-0.15, -0.1) is 0 Å². The Morgan fingerprint density at radius 3 is 2.88 bits per heavy atom. The van der Waals surface area contributed by atoms with Gasteiger partial charge in [-0.25, -0.2) is 4.39 Å². The summed E-state index contributed by atoms with van der Waals surface area (Å²) in [5.41, 5.74) is 0.645. The number of carbonyl (C=O) groups excluding carboxylic acids is 1. The molecule has 0 saturated carbocycles. The Balaban J connectivity index is 2.08. The van der Waals surface area contributed by atoms with Crippen LogP contribution in [0.25, 0.3) is 6.08 Å². The lowest BCUT2D eigenvalue weighted by Gasteiger charge is -2.31. The van der Waals surface area contributed by atoms with Crippen molar-refractivity contribution in [1.82, 2.24) is 9.80 Å². The van der Waals surface area contributed by atoms with Crippen molar-refractivity contribution >= 4 is 12.0 Å². The first-order valence-corrected chi connectivity index (χ1v) is 9.40. The highest BCUT2D eigenvalue weighted by molar-refractivity contribution is 5.92. The molecule has 0 spiro atoms. The number of carbonyl (C=O) groups is 1. The van der Waals surface area contributed by atoms with Gasteiger partial charge in [0.1, 0.15) is 11.9 Å². The number of nitrogens with zero attached hydrogens (tertiary/aromatic N) is 3. The predicted molar refractivity (Wildman–Crippen MR) is 102 cm³/mol. The van der Waals surface area contributed by atoms with Crippen LogP contribution in [-0.4, -0.2) is 47.9 Å². The molecule has 0 bridgehead atoms. The SMILES string of the molecule is CCCN(CC)CC1C(C)CCN1C(=O)/C=C/c1ccc(F)c(C#N)c1. The first kappa shape index (κ1) is 20.1. The highest BCUT2D eigenvalue weighted by atomic mass is 19.1. The Labute approximate surface area is 155 Å². The molecule has 1 aliphatic heterocycles. The van der Waals surface area contributed by atoms with Crippen molar-refractivity contribution in [3.63, 3.8) is 0 Å². The average Bonchev–Trinajstić information content (AvgIpc) is 3.00. The molecule has 0 aliphatic carbocycles. The maximum atomic E-state index is 13.4. The van der Waals surface area contributed by atoms with Crippen molar-refractivity contribution in [3.05, 3.63) is 41.2 Å². The zero-order valence-corrected chi connectivity index (χ0v) is 15.9. The third-order valence-electron chi connectivity index (χ3n) is 5.13. The van der Waals surface area contributed by atoms with Gasteiger partial charge < -0.3 is 9.80 Å². The Morgan fingerprint density at radius 1 is 1.46 bits per heavy atom. The van der Waals surface area contributed by atoms with Gasteiger partial charge in [-0.3, -0.25) is 4.79 Å². The minimum atomic E-state index is -0.542. The van der Waals surface area contributed by atoms with Gasteiger partial charge in [0, 0.05) is 25.2 Å². The number of nitriles is 1. The molecule has 2 unspecified atom stereocenters. The molecule has 1 aromatic rings. The molecule has 4 nitrogen and oxygen atoms in total. The summed E-state index contributed by atoms with van der Waals surface area (Å²) in [7, 11) is 0. The van der Waals surface area contributed by atoms with E-state index < -0.39 is 5.82 Å². The molecule has 0 aromatic heterocycles. The maximum absolute atomic E-state index is 13.4. The molecule has 1 aliphatic rings. The van der Waals surface area contributed by atoms with E-state index in [9.17, 15) is 9.18 Å². The van der Waals surface area contributed by atoms with Crippen LogP contribution in [0.5, 0.6) is 0 Å². The topological polar surface area (TPSA) is 47.3 Å². The fourth-order valence-electron chi connectivity index (χ4n) is 3.52. The van der Waals surface area contributed by atoms with E-state index in [1.165, 1.54) is 18.2 Å². The van der Waals surface area contributed by atoms with Crippen molar-refractivity contribution in [1.29, 1.82) is 5.26 Å². The molecule has 1 fully saturated rings. The van der Waals surface area contributed by atoms with Crippen LogP contribution in [0.1, 0.15) is 44.7 Å². The lowest BCUT2D eigenvalue weighted by atomic mass is 10.0. The molecule has 2 atom stereocenters. The summed E-state index contributed by atoms with van der Waals surface area (Å²) in [6.45, 7) is 10.2. The molecule has 5 heteroatoms. The summed E-state index contributed by atoms with van der Waals surface area (Å²) in [6, 6.07) is 6.34. The van der Waals surface area contributed by atoms with E-state index in [1.54, 1.807) is 12.1 Å². The number of benzene rings is 1. The van der Waals surface area contributed by atoms with E-state index >= 15 is 0 Å². The van der Waals surface area contributed by atoms with Crippen LogP contribution in [0.15, 0.2) is 24.3 Å². The number of hydrogen-bond acceptors (Lipinski definition) is 3. The Morgan fingerprint density at radius 2 is 2.23 bits per heavy atom. The first-order valence-electron chi connectivity index (χ1n) is 9.40. The van der Waals surface area contributed by atoms with Gasteiger partial charge in [-0.2, -0.15) is 5.26 Å². The van der Waals surface area contributed by atoms with Gasteiger partial charge in [-0.05, 0) is 55.6 Å². The first-order chi connectivity index (χ1) is 12.5. The molecule has 0 radical (unpaired) electrons. The van der Waals surface area contributed by atoms with Crippen molar-refractivity contribution in [2.45, 2.75) is 39.7 Å². The summed E-state index contributed by atoms with van der Waals surface area (Å²) in [5.74, 6) is -0.0796. The van der Waals surface area contributed by atoms with Crippen LogP contribution in [0.4, 0.5) is 4.39 Å². The lowest BCUT2D eigenvalue weighted by molar-refractivity contribution is -0.127. The van der Waals surface area contributed by atoms with Gasteiger partial charge in [0.25, 0.3) is 0 Å². The Kier molecular flexibility index (Phi) is 7.35. The number of halogens is 1. The minimum Gasteiger partial charge on any atom is -0.335 e. The molecule has 1 amide bonds. The number of amides is 1. The predicted octanol–water partition coefficient (Wildman–Crippen LogP) is 3.68. The second kappa shape index (κ2) is 9.49. The lowest BCUT2D eigenvalue weighted by Crippen LogP contribution is -2.45. The third-order valence-corrected chi connectivity index (χ3v) is 5.13. The van der Waals surface area contributed by atoms with Crippen LogP contribution in [0, 0.1) is 23.1 Å². The van der Waals surface area contributed by atoms with Crippen LogP contribution in [0.2, 0.25) is 0 Å². The molecule has 140 valence electrons. The number of rotatable bonds is 7. The molecule has 26 heavy (non-hydrogen) atoms. The number of likely N-dealkylation sites (tertiary alicyclic amines) is 1. The zero-order valence-electron chi connectivity index (χ0n) is 15.9. The molecular formula is C21H28FN3O. The average molecular weight is 357 g/mol.